The van der Waals surface area contributed by atoms with Gasteiger partial charge in [0.05, 0.1) is 11.4 Å². The molecule has 1 aromatic heterocycles. The van der Waals surface area contributed by atoms with Gasteiger partial charge in [0, 0.05) is 24.3 Å². The summed E-state index contributed by atoms with van der Waals surface area (Å²) in [5, 5.41) is 7.29. The third-order valence-corrected chi connectivity index (χ3v) is 7.23. The topological polar surface area (TPSA) is 88.3 Å². The zero-order valence-corrected chi connectivity index (χ0v) is 18.1. The molecule has 0 radical (unpaired) electrons. The maximum absolute atomic E-state index is 13.0. The average molecular weight is 427 g/mol. The highest BCUT2D eigenvalue weighted by Crippen LogP contribution is 2.26. The zero-order valence-electron chi connectivity index (χ0n) is 17.3. The van der Waals surface area contributed by atoms with Gasteiger partial charge in [-0.1, -0.05) is 41.4 Å². The number of rotatable bonds is 6. The van der Waals surface area contributed by atoms with E-state index < -0.39 is 10.0 Å². The van der Waals surface area contributed by atoms with Gasteiger partial charge in [-0.3, -0.25) is 0 Å². The smallest absolute Gasteiger partial charge is 0.246 e. The second kappa shape index (κ2) is 8.57. The second-order valence-corrected chi connectivity index (χ2v) is 9.61. The molecule has 1 N–H and O–H groups in total. The van der Waals surface area contributed by atoms with E-state index in [1.54, 1.807) is 16.4 Å². The summed E-state index contributed by atoms with van der Waals surface area (Å²) in [5.41, 5.74) is 3.71. The van der Waals surface area contributed by atoms with E-state index in [2.05, 4.69) is 15.5 Å². The Labute approximate surface area is 177 Å². The molecule has 1 fully saturated rings. The lowest BCUT2D eigenvalue weighted by molar-refractivity contribution is 0.346. The fourth-order valence-electron chi connectivity index (χ4n) is 3.61. The van der Waals surface area contributed by atoms with Crippen molar-refractivity contribution in [3.8, 4) is 11.4 Å². The molecule has 3 aromatic rings. The van der Waals surface area contributed by atoms with Crippen molar-refractivity contribution in [2.75, 3.05) is 18.4 Å². The monoisotopic (exact) mass is 426 g/mol. The third kappa shape index (κ3) is 4.39. The van der Waals surface area contributed by atoms with Crippen LogP contribution in [0.15, 0.2) is 51.9 Å². The summed E-state index contributed by atoms with van der Waals surface area (Å²) in [6.07, 6.45) is 2.91. The minimum Gasteiger partial charge on any atom is -0.376 e. The Morgan fingerprint density at radius 1 is 1.07 bits per heavy atom. The summed E-state index contributed by atoms with van der Waals surface area (Å²) in [6, 6.07) is 13.1. The number of nitrogens with one attached hydrogen (secondary N) is 1. The van der Waals surface area contributed by atoms with Crippen LogP contribution in [0.1, 0.15) is 36.3 Å². The molecule has 1 aliphatic heterocycles. The Bertz CT molecular complexity index is 1130. The quantitative estimate of drug-likeness (QED) is 0.637. The molecule has 0 spiro atoms. The van der Waals surface area contributed by atoms with Crippen LogP contribution in [0.5, 0.6) is 0 Å². The van der Waals surface area contributed by atoms with Gasteiger partial charge in [-0.15, -0.1) is 0 Å². The van der Waals surface area contributed by atoms with Crippen LogP contribution in [0.3, 0.4) is 0 Å². The van der Waals surface area contributed by atoms with Crippen LogP contribution < -0.4 is 5.32 Å². The van der Waals surface area contributed by atoms with Crippen LogP contribution >= 0.6 is 0 Å². The van der Waals surface area contributed by atoms with Gasteiger partial charge < -0.3 is 9.84 Å². The number of aromatic nitrogens is 2. The molecule has 1 saturated heterocycles. The summed E-state index contributed by atoms with van der Waals surface area (Å²) in [7, 11) is -3.48. The number of anilines is 1. The van der Waals surface area contributed by atoms with E-state index in [9.17, 15) is 8.42 Å². The number of aryl methyl sites for hydroxylation is 2. The molecule has 0 unspecified atom stereocenters. The fourth-order valence-corrected chi connectivity index (χ4v) is 5.15. The minimum absolute atomic E-state index is 0.309. The molecule has 0 saturated carbocycles. The second-order valence-electron chi connectivity index (χ2n) is 7.68. The van der Waals surface area contributed by atoms with Crippen LogP contribution in [-0.4, -0.2) is 36.0 Å². The van der Waals surface area contributed by atoms with Gasteiger partial charge in [-0.05, 0) is 50.5 Å². The van der Waals surface area contributed by atoms with Crippen molar-refractivity contribution in [1.82, 2.24) is 14.4 Å². The first-order valence-corrected chi connectivity index (χ1v) is 11.6. The summed E-state index contributed by atoms with van der Waals surface area (Å²) in [5.74, 6) is 0.976. The van der Waals surface area contributed by atoms with Gasteiger partial charge >= 0.3 is 0 Å². The highest BCUT2D eigenvalue weighted by molar-refractivity contribution is 7.89. The molecular formula is C22H26N4O3S. The summed E-state index contributed by atoms with van der Waals surface area (Å²) in [6.45, 7) is 5.43. The molecule has 7 nitrogen and oxygen atoms in total. The molecule has 0 aliphatic carbocycles. The third-order valence-electron chi connectivity index (χ3n) is 5.34. The van der Waals surface area contributed by atoms with Crippen molar-refractivity contribution in [2.45, 2.75) is 44.6 Å². The van der Waals surface area contributed by atoms with Crippen LogP contribution in [0, 0.1) is 13.8 Å². The predicted molar refractivity (Wildman–Crippen MR) is 116 cm³/mol. The van der Waals surface area contributed by atoms with Crippen molar-refractivity contribution in [3.63, 3.8) is 0 Å². The first-order chi connectivity index (χ1) is 14.4. The molecule has 30 heavy (non-hydrogen) atoms. The van der Waals surface area contributed by atoms with Gasteiger partial charge in [0.1, 0.15) is 0 Å². The molecule has 0 atom stereocenters. The van der Waals surface area contributed by atoms with Gasteiger partial charge in [0.25, 0.3) is 0 Å². The first kappa shape index (κ1) is 20.6. The average Bonchev–Trinajstić information content (AvgIpc) is 3.23. The van der Waals surface area contributed by atoms with Crippen LogP contribution in [0.4, 0.5) is 5.69 Å². The van der Waals surface area contributed by atoms with E-state index in [4.69, 9.17) is 4.52 Å². The Hall–Kier alpha value is -2.71. The van der Waals surface area contributed by atoms with Crippen molar-refractivity contribution in [1.29, 1.82) is 0 Å². The summed E-state index contributed by atoms with van der Waals surface area (Å²) >= 11 is 0. The van der Waals surface area contributed by atoms with Crippen molar-refractivity contribution in [2.24, 2.45) is 0 Å². The Kier molecular flexibility index (Phi) is 5.87. The molecule has 158 valence electrons. The Morgan fingerprint density at radius 3 is 2.63 bits per heavy atom. The molecular weight excluding hydrogens is 400 g/mol. The van der Waals surface area contributed by atoms with E-state index in [0.29, 0.717) is 36.2 Å². The molecule has 4 rings (SSSR count). The van der Waals surface area contributed by atoms with Crippen LogP contribution in [0.2, 0.25) is 0 Å². The number of nitrogens with zero attached hydrogens (tertiary/aromatic N) is 3. The lowest BCUT2D eigenvalue weighted by atomic mass is 10.1. The van der Waals surface area contributed by atoms with Gasteiger partial charge in [-0.2, -0.15) is 9.29 Å². The predicted octanol–water partition coefficient (Wildman–Crippen LogP) is 4.14. The number of piperidine rings is 1. The van der Waals surface area contributed by atoms with E-state index >= 15 is 0 Å². The van der Waals surface area contributed by atoms with E-state index in [1.165, 1.54) is 0 Å². The normalized spacial score (nSPS) is 15.3. The first-order valence-electron chi connectivity index (χ1n) is 10.2. The number of benzene rings is 2. The van der Waals surface area contributed by atoms with E-state index in [-0.39, 0.29) is 0 Å². The van der Waals surface area contributed by atoms with E-state index in [0.717, 1.165) is 41.6 Å². The maximum Gasteiger partial charge on any atom is 0.246 e. The Morgan fingerprint density at radius 2 is 1.87 bits per heavy atom. The molecule has 2 heterocycles. The highest BCUT2D eigenvalue weighted by Gasteiger charge is 2.26. The minimum atomic E-state index is -3.48. The van der Waals surface area contributed by atoms with Crippen molar-refractivity contribution in [3.05, 3.63) is 59.5 Å². The number of hydrogen-bond acceptors (Lipinski definition) is 6. The highest BCUT2D eigenvalue weighted by atomic mass is 32.2. The lowest BCUT2D eigenvalue weighted by Crippen LogP contribution is -2.35. The van der Waals surface area contributed by atoms with Gasteiger partial charge in [0.15, 0.2) is 0 Å². The molecule has 0 bridgehead atoms. The lowest BCUT2D eigenvalue weighted by Gasteiger charge is -2.26. The Balaban J connectivity index is 1.49. The molecule has 0 amide bonds. The maximum atomic E-state index is 13.0. The number of hydrogen-bond donors (Lipinski definition) is 1. The SMILES string of the molecule is Cc1cccc(-c2noc(CNc3cc(S(=O)(=O)N4CCCCC4)ccc3C)n2)c1. The van der Waals surface area contributed by atoms with Crippen LogP contribution in [0.25, 0.3) is 11.4 Å². The zero-order chi connectivity index (χ0) is 21.1. The largest absolute Gasteiger partial charge is 0.376 e. The van der Waals surface area contributed by atoms with E-state index in [1.807, 2.05) is 44.2 Å². The van der Waals surface area contributed by atoms with Gasteiger partial charge in [0.2, 0.25) is 21.7 Å². The fraction of sp³-hybridized carbons (Fsp3) is 0.364. The molecule has 2 aromatic carbocycles. The van der Waals surface area contributed by atoms with Gasteiger partial charge in [-0.25, -0.2) is 8.42 Å². The summed E-state index contributed by atoms with van der Waals surface area (Å²) in [4.78, 5) is 4.75. The molecule has 8 heteroatoms. The standard InChI is InChI=1S/C22H26N4O3S/c1-16-7-6-8-18(13-16)22-24-21(29-25-22)15-23-20-14-19(10-9-17(20)2)30(27,28)26-11-4-3-5-12-26/h6-10,13-14,23H,3-5,11-12,15H2,1-2H3. The number of sulfonamides is 1. The van der Waals surface area contributed by atoms with Crippen molar-refractivity contribution >= 4 is 15.7 Å². The van der Waals surface area contributed by atoms with Crippen LogP contribution in [-0.2, 0) is 16.6 Å². The summed E-state index contributed by atoms with van der Waals surface area (Å²) < 4.78 is 32.9. The molecule has 1 aliphatic rings. The van der Waals surface area contributed by atoms with Crippen molar-refractivity contribution < 1.29 is 12.9 Å².